The summed E-state index contributed by atoms with van der Waals surface area (Å²) in [7, 11) is 0. The Morgan fingerprint density at radius 1 is 0.843 bits per heavy atom. The van der Waals surface area contributed by atoms with E-state index in [1.54, 1.807) is 18.2 Å². The summed E-state index contributed by atoms with van der Waals surface area (Å²) in [5, 5.41) is 10.2. The number of nitrogens with zero attached hydrogens (tertiary/aromatic N) is 1. The van der Waals surface area contributed by atoms with E-state index in [0.29, 0.717) is 18.8 Å². The number of carbonyl (C=O) groups excluding carboxylic acids is 2. The molecule has 5 aromatic rings. The number of hydrogen-bond donors (Lipinski definition) is 2. The molecule has 3 heterocycles. The molecule has 0 saturated carbocycles. The van der Waals surface area contributed by atoms with Gasteiger partial charge in [-0.1, -0.05) is 88.7 Å². The molecular formula is C42H35BrN2O6. The first kappa shape index (κ1) is 34.0. The number of aryl methyl sites for hydroxylation is 1. The van der Waals surface area contributed by atoms with Crippen LogP contribution in [0.1, 0.15) is 38.2 Å². The number of carboxylic acid groups (broad SMARTS) is 1. The number of fused-ring (bicyclic) bond motifs is 6. The topological polar surface area (TPSA) is 109 Å². The molecular weight excluding hydrogens is 708 g/mol. The van der Waals surface area contributed by atoms with Crippen molar-refractivity contribution in [1.29, 1.82) is 0 Å². The summed E-state index contributed by atoms with van der Waals surface area (Å²) in [6.07, 6.45) is 10.1. The van der Waals surface area contributed by atoms with E-state index in [1.807, 2.05) is 30.6 Å². The summed E-state index contributed by atoms with van der Waals surface area (Å²) in [4.78, 5) is 40.8. The smallest absolute Gasteiger partial charge is 0.412 e. The Kier molecular flexibility index (Phi) is 10.1. The van der Waals surface area contributed by atoms with Gasteiger partial charge in [0.25, 0.3) is 0 Å². The number of benzene rings is 4. The number of ether oxygens (including phenoxy) is 2. The standard InChI is InChI=1S/C38H30BrNO6.C4H5N/c39-15-14-23-8-13-32-29-6-2-1-5-24(29)19-33(32)36(23)26-10-12-31-28(18-26)21-45-20-27-17-25(9-11-30(27)31)35(41)22-46-37(42)34-7-3-4-16-40(34)38(43)44;1-2-4-5-3-1/h1-13,16-18,34H,14-15,19-22H2,(H,43,44);1-5H. The zero-order valence-corrected chi connectivity index (χ0v) is 29.3. The first-order valence-electron chi connectivity index (χ1n) is 16.7. The molecule has 1 unspecified atom stereocenters. The van der Waals surface area contributed by atoms with Crippen molar-refractivity contribution >= 4 is 33.8 Å². The molecule has 0 spiro atoms. The number of ketones is 1. The molecule has 0 bridgehead atoms. The first-order chi connectivity index (χ1) is 24.9. The van der Waals surface area contributed by atoms with E-state index in [4.69, 9.17) is 9.47 Å². The van der Waals surface area contributed by atoms with E-state index in [-0.39, 0.29) is 5.78 Å². The lowest BCUT2D eigenvalue weighted by atomic mass is 9.87. The van der Waals surface area contributed by atoms with Gasteiger partial charge >= 0.3 is 12.1 Å². The molecule has 1 amide bonds. The van der Waals surface area contributed by atoms with Crippen LogP contribution in [0.2, 0.25) is 0 Å². The minimum atomic E-state index is -1.29. The highest BCUT2D eigenvalue weighted by molar-refractivity contribution is 9.09. The number of aromatic nitrogens is 1. The van der Waals surface area contributed by atoms with Crippen molar-refractivity contribution in [1.82, 2.24) is 9.88 Å². The van der Waals surface area contributed by atoms with Gasteiger partial charge in [0, 0.05) is 29.5 Å². The van der Waals surface area contributed by atoms with Crippen molar-refractivity contribution < 1.29 is 29.0 Å². The van der Waals surface area contributed by atoms with Gasteiger partial charge in [-0.2, -0.15) is 0 Å². The molecule has 2 N–H and O–H groups in total. The Labute approximate surface area is 304 Å². The normalized spacial score (nSPS) is 15.0. The quantitative estimate of drug-likeness (QED) is 0.0963. The fourth-order valence-corrected chi connectivity index (χ4v) is 7.36. The van der Waals surface area contributed by atoms with Gasteiger partial charge in [0.15, 0.2) is 18.4 Å². The number of carbonyl (C=O) groups is 3. The molecule has 2 aliphatic heterocycles. The summed E-state index contributed by atoms with van der Waals surface area (Å²) in [5.41, 5.74) is 13.5. The molecule has 0 saturated heterocycles. The molecule has 8 rings (SSSR count). The van der Waals surface area contributed by atoms with E-state index in [0.717, 1.165) is 45.3 Å². The Morgan fingerprint density at radius 3 is 2.31 bits per heavy atom. The Balaban J connectivity index is 0.000000749. The minimum absolute atomic E-state index is 0.331. The SMILES string of the molecule is O=C(COC(=O)C1C=CC=CN1C(=O)O)c1ccc2c(c1)COCc1cc(-c3c(CCBr)ccc4c3Cc3ccccc3-4)ccc1-2.c1cc[nH]c1. The van der Waals surface area contributed by atoms with E-state index in [2.05, 4.69) is 75.5 Å². The molecule has 0 fully saturated rings. The fourth-order valence-electron chi connectivity index (χ4n) is 6.94. The Hall–Kier alpha value is -5.51. The molecule has 256 valence electrons. The maximum Gasteiger partial charge on any atom is 0.412 e. The molecule has 0 radical (unpaired) electrons. The molecule has 3 aliphatic rings. The number of H-pyrrole nitrogens is 1. The molecule has 9 heteroatoms. The van der Waals surface area contributed by atoms with Crippen LogP contribution >= 0.6 is 15.9 Å². The van der Waals surface area contributed by atoms with Crippen LogP contribution < -0.4 is 0 Å². The fraction of sp³-hybridized carbons (Fsp3) is 0.167. The molecule has 51 heavy (non-hydrogen) atoms. The third-order valence-electron chi connectivity index (χ3n) is 9.32. The van der Waals surface area contributed by atoms with Crippen LogP contribution in [0, 0.1) is 0 Å². The number of amides is 1. The zero-order chi connectivity index (χ0) is 35.3. The number of rotatable bonds is 7. The molecule has 1 atom stereocenters. The van der Waals surface area contributed by atoms with Crippen molar-refractivity contribution in [3.05, 3.63) is 155 Å². The lowest BCUT2D eigenvalue weighted by molar-refractivity contribution is -0.145. The number of hydrogen-bond acceptors (Lipinski definition) is 5. The van der Waals surface area contributed by atoms with Crippen LogP contribution in [-0.2, 0) is 40.3 Å². The van der Waals surface area contributed by atoms with Gasteiger partial charge in [0.2, 0.25) is 0 Å². The van der Waals surface area contributed by atoms with Crippen LogP contribution in [-0.4, -0.2) is 50.8 Å². The summed E-state index contributed by atoms with van der Waals surface area (Å²) in [6, 6.07) is 27.9. The van der Waals surface area contributed by atoms with Crippen molar-refractivity contribution in [3.63, 3.8) is 0 Å². The Morgan fingerprint density at radius 2 is 1.57 bits per heavy atom. The lowest BCUT2D eigenvalue weighted by Gasteiger charge is -2.23. The van der Waals surface area contributed by atoms with E-state index >= 15 is 0 Å². The predicted octanol–water partition coefficient (Wildman–Crippen LogP) is 8.73. The summed E-state index contributed by atoms with van der Waals surface area (Å²) >= 11 is 3.65. The van der Waals surface area contributed by atoms with Crippen molar-refractivity contribution in [2.45, 2.75) is 32.1 Å². The Bertz CT molecular complexity index is 2150. The second-order valence-corrected chi connectivity index (χ2v) is 13.2. The molecule has 1 aromatic heterocycles. The van der Waals surface area contributed by atoms with Crippen LogP contribution in [0.4, 0.5) is 4.79 Å². The van der Waals surface area contributed by atoms with Crippen LogP contribution in [0.15, 0.2) is 122 Å². The van der Waals surface area contributed by atoms with Gasteiger partial charge in [-0.25, -0.2) is 9.59 Å². The number of esters is 1. The van der Waals surface area contributed by atoms with Crippen molar-refractivity contribution in [3.8, 4) is 33.4 Å². The van der Waals surface area contributed by atoms with E-state index < -0.39 is 24.7 Å². The molecule has 8 nitrogen and oxygen atoms in total. The van der Waals surface area contributed by atoms with Crippen LogP contribution in [0.25, 0.3) is 33.4 Å². The van der Waals surface area contributed by atoms with Gasteiger partial charge in [0.05, 0.1) is 13.2 Å². The summed E-state index contributed by atoms with van der Waals surface area (Å²) in [6.45, 7) is 0.269. The van der Waals surface area contributed by atoms with Crippen LogP contribution in [0.5, 0.6) is 0 Å². The first-order valence-corrected chi connectivity index (χ1v) is 17.8. The van der Waals surface area contributed by atoms with Gasteiger partial charge in [-0.15, -0.1) is 0 Å². The number of alkyl halides is 1. The van der Waals surface area contributed by atoms with Gasteiger partial charge in [-0.05, 0) is 104 Å². The van der Waals surface area contributed by atoms with E-state index in [9.17, 15) is 19.5 Å². The average molecular weight is 744 g/mol. The number of nitrogens with one attached hydrogen (secondary N) is 1. The largest absolute Gasteiger partial charge is 0.465 e. The lowest BCUT2D eigenvalue weighted by Crippen LogP contribution is -2.42. The van der Waals surface area contributed by atoms with Gasteiger partial charge in [0.1, 0.15) is 0 Å². The maximum atomic E-state index is 13.0. The second kappa shape index (κ2) is 15.2. The highest BCUT2D eigenvalue weighted by Gasteiger charge is 2.30. The third-order valence-corrected chi connectivity index (χ3v) is 9.72. The van der Waals surface area contributed by atoms with Crippen molar-refractivity contribution in [2.75, 3.05) is 11.9 Å². The molecule has 1 aliphatic carbocycles. The number of allylic oxidation sites excluding steroid dienone is 2. The molecule has 4 aromatic carbocycles. The van der Waals surface area contributed by atoms with Gasteiger partial charge < -0.3 is 19.6 Å². The second-order valence-electron chi connectivity index (χ2n) is 12.4. The van der Waals surface area contributed by atoms with Crippen LogP contribution in [0.3, 0.4) is 0 Å². The summed E-state index contributed by atoms with van der Waals surface area (Å²) in [5.74, 6) is -1.20. The zero-order valence-electron chi connectivity index (χ0n) is 27.7. The number of Topliss-reactive ketones (excluding diaryl/α,β-unsaturated/α-hetero) is 1. The van der Waals surface area contributed by atoms with Gasteiger partial charge in [-0.3, -0.25) is 9.69 Å². The number of halogens is 1. The highest BCUT2D eigenvalue weighted by atomic mass is 79.9. The average Bonchev–Trinajstić information content (AvgIpc) is 3.83. The maximum absolute atomic E-state index is 13.0. The van der Waals surface area contributed by atoms with Crippen molar-refractivity contribution in [2.24, 2.45) is 0 Å². The number of aromatic amines is 1. The third kappa shape index (κ3) is 7.08. The predicted molar refractivity (Wildman–Crippen MR) is 200 cm³/mol. The monoisotopic (exact) mass is 742 g/mol. The van der Waals surface area contributed by atoms with E-state index in [1.165, 1.54) is 57.3 Å². The minimum Gasteiger partial charge on any atom is -0.465 e. The highest BCUT2D eigenvalue weighted by Crippen LogP contribution is 2.44. The summed E-state index contributed by atoms with van der Waals surface area (Å²) < 4.78 is 11.4.